The van der Waals surface area contributed by atoms with Gasteiger partial charge in [0.15, 0.2) is 0 Å². The van der Waals surface area contributed by atoms with E-state index in [0.717, 1.165) is 50.3 Å². The zero-order chi connectivity index (χ0) is 20.7. The van der Waals surface area contributed by atoms with Crippen molar-refractivity contribution in [3.05, 3.63) is 89.9 Å². The molecule has 2 heterocycles. The Morgan fingerprint density at radius 1 is 0.933 bits per heavy atom. The maximum absolute atomic E-state index is 13.4. The molecule has 0 aliphatic carbocycles. The molecule has 0 unspecified atom stereocenters. The number of nitrogens with zero attached hydrogens (tertiary/aromatic N) is 3. The van der Waals surface area contributed by atoms with Gasteiger partial charge >= 0.3 is 0 Å². The number of ether oxygens (including phenoxy) is 1. The fourth-order valence-electron chi connectivity index (χ4n) is 3.88. The van der Waals surface area contributed by atoms with E-state index < -0.39 is 0 Å². The molecule has 0 atom stereocenters. The monoisotopic (exact) mass is 397 g/mol. The topological polar surface area (TPSA) is 39.9 Å². The molecular weight excluding hydrogens is 377 g/mol. The number of hydrogen-bond donors (Lipinski definition) is 0. The van der Waals surface area contributed by atoms with E-state index >= 15 is 0 Å². The lowest BCUT2D eigenvalue weighted by Crippen LogP contribution is -2.04. The van der Waals surface area contributed by atoms with Gasteiger partial charge < -0.3 is 9.30 Å². The average molecular weight is 397 g/mol. The van der Waals surface area contributed by atoms with Crippen LogP contribution < -0.4 is 4.74 Å². The van der Waals surface area contributed by atoms with E-state index in [1.54, 1.807) is 19.2 Å². The number of halogens is 1. The fourth-order valence-corrected chi connectivity index (χ4v) is 3.88. The number of hydrogen-bond acceptors (Lipinski definition) is 3. The van der Waals surface area contributed by atoms with Crippen molar-refractivity contribution in [1.29, 1.82) is 0 Å². The summed E-state index contributed by atoms with van der Waals surface area (Å²) in [7, 11) is 1.67. The molecule has 0 radical (unpaired) electrons. The predicted molar refractivity (Wildman–Crippen MR) is 116 cm³/mol. The van der Waals surface area contributed by atoms with Crippen LogP contribution in [0.1, 0.15) is 11.1 Å². The Morgan fingerprint density at radius 2 is 1.73 bits per heavy atom. The van der Waals surface area contributed by atoms with Crippen LogP contribution in [0.15, 0.2) is 72.9 Å². The van der Waals surface area contributed by atoms with Crippen LogP contribution in [-0.2, 0) is 6.54 Å². The Kier molecular flexibility index (Phi) is 4.43. The van der Waals surface area contributed by atoms with E-state index in [0.29, 0.717) is 6.54 Å². The zero-order valence-electron chi connectivity index (χ0n) is 16.8. The molecule has 3 aromatic rings. The number of aryl methyl sites for hydroxylation is 1. The first-order chi connectivity index (χ1) is 14.6. The second-order valence-corrected chi connectivity index (χ2v) is 7.45. The van der Waals surface area contributed by atoms with Crippen LogP contribution in [-0.4, -0.2) is 21.9 Å². The molecule has 0 saturated carbocycles. The number of methoxy groups -OCH3 is 1. The highest BCUT2D eigenvalue weighted by molar-refractivity contribution is 5.98. The minimum Gasteiger partial charge on any atom is -0.497 e. The summed E-state index contributed by atoms with van der Waals surface area (Å²) >= 11 is 0. The third-order valence-electron chi connectivity index (χ3n) is 5.37. The first-order valence-corrected chi connectivity index (χ1v) is 9.77. The lowest BCUT2D eigenvalue weighted by molar-refractivity contribution is 0.414. The van der Waals surface area contributed by atoms with E-state index in [-0.39, 0.29) is 5.82 Å². The van der Waals surface area contributed by atoms with Crippen molar-refractivity contribution >= 4 is 10.9 Å². The molecule has 4 nitrogen and oxygen atoms in total. The Labute approximate surface area is 173 Å². The van der Waals surface area contributed by atoms with Crippen LogP contribution >= 0.6 is 0 Å². The summed E-state index contributed by atoms with van der Waals surface area (Å²) in [6.45, 7) is 2.75. The normalized spacial score (nSPS) is 11.3. The van der Waals surface area contributed by atoms with Gasteiger partial charge in [-0.05, 0) is 61.0 Å². The molecule has 0 N–H and O–H groups in total. The lowest BCUT2D eigenvalue weighted by Gasteiger charge is -2.16. The second-order valence-electron chi connectivity index (χ2n) is 7.45. The van der Waals surface area contributed by atoms with Gasteiger partial charge in [0, 0.05) is 29.3 Å². The second kappa shape index (κ2) is 7.26. The van der Waals surface area contributed by atoms with Crippen molar-refractivity contribution in [2.24, 2.45) is 0 Å². The molecule has 2 aliphatic heterocycles. The number of fused-ring (bicyclic) bond motifs is 3. The fraction of sp³-hybridized carbons (Fsp3) is 0.120. The molecule has 0 bridgehead atoms. The molecule has 2 aliphatic rings. The Morgan fingerprint density at radius 3 is 2.53 bits per heavy atom. The van der Waals surface area contributed by atoms with Crippen LogP contribution in [0.3, 0.4) is 0 Å². The van der Waals surface area contributed by atoms with Crippen molar-refractivity contribution < 1.29 is 9.13 Å². The minimum atomic E-state index is -0.267. The van der Waals surface area contributed by atoms with Crippen molar-refractivity contribution in [2.45, 2.75) is 13.5 Å². The molecule has 0 spiro atoms. The average Bonchev–Trinajstić information content (AvgIpc) is 3.18. The van der Waals surface area contributed by atoms with Gasteiger partial charge in [-0.15, -0.1) is 10.2 Å². The molecule has 148 valence electrons. The van der Waals surface area contributed by atoms with Gasteiger partial charge in [0.25, 0.3) is 0 Å². The summed E-state index contributed by atoms with van der Waals surface area (Å²) in [4.78, 5) is 0. The minimum absolute atomic E-state index is 0.267. The van der Waals surface area contributed by atoms with Gasteiger partial charge in [-0.3, -0.25) is 0 Å². The van der Waals surface area contributed by atoms with Gasteiger partial charge in [-0.1, -0.05) is 23.8 Å². The summed E-state index contributed by atoms with van der Waals surface area (Å²) in [5.41, 5.74) is 6.79. The molecule has 0 amide bonds. The molecular formula is C25H20FN3O. The van der Waals surface area contributed by atoms with E-state index in [1.807, 2.05) is 18.2 Å². The van der Waals surface area contributed by atoms with E-state index in [1.165, 1.54) is 12.1 Å². The Hall–Kier alpha value is -3.73. The van der Waals surface area contributed by atoms with E-state index in [9.17, 15) is 4.39 Å². The summed E-state index contributed by atoms with van der Waals surface area (Å²) < 4.78 is 21.0. The summed E-state index contributed by atoms with van der Waals surface area (Å²) in [5, 5.41) is 9.98. The SMILES string of the molecule is COc1cccc(Cn2cc3c(-c4ccc(F)cc4)nnc-3c3cc(C)ccc32)c1. The third kappa shape index (κ3) is 3.18. The van der Waals surface area contributed by atoms with Crippen LogP contribution in [0.5, 0.6) is 5.75 Å². The van der Waals surface area contributed by atoms with Crippen molar-refractivity contribution in [2.75, 3.05) is 7.11 Å². The summed E-state index contributed by atoms with van der Waals surface area (Å²) in [6.07, 6.45) is 2.09. The zero-order valence-corrected chi connectivity index (χ0v) is 16.8. The van der Waals surface area contributed by atoms with Gasteiger partial charge in [0.1, 0.15) is 23.0 Å². The van der Waals surface area contributed by atoms with E-state index in [2.05, 4.69) is 52.2 Å². The summed E-state index contributed by atoms with van der Waals surface area (Å²) in [6, 6.07) is 20.8. The Balaban J connectivity index is 1.71. The van der Waals surface area contributed by atoms with Crippen LogP contribution in [0.25, 0.3) is 33.4 Å². The first kappa shape index (κ1) is 18.3. The highest BCUT2D eigenvalue weighted by Crippen LogP contribution is 2.37. The van der Waals surface area contributed by atoms with Gasteiger partial charge in [0.2, 0.25) is 0 Å². The van der Waals surface area contributed by atoms with E-state index in [4.69, 9.17) is 4.74 Å². The van der Waals surface area contributed by atoms with Crippen molar-refractivity contribution in [3.8, 4) is 28.3 Å². The first-order valence-electron chi connectivity index (χ1n) is 9.77. The molecule has 0 fully saturated rings. The highest BCUT2D eigenvalue weighted by atomic mass is 19.1. The van der Waals surface area contributed by atoms with Gasteiger partial charge in [0.05, 0.1) is 12.6 Å². The Bertz CT molecular complexity index is 1320. The third-order valence-corrected chi connectivity index (χ3v) is 5.37. The standard InChI is InChI=1S/C25H20FN3O/c1-16-6-11-23-21(12-16)25-22(24(27-28-25)18-7-9-19(26)10-8-18)15-29(23)14-17-4-3-5-20(13-17)30-2/h3-13,15H,14H2,1-2H3. The molecule has 3 aromatic carbocycles. The number of aromatic nitrogens is 3. The highest BCUT2D eigenvalue weighted by Gasteiger charge is 2.20. The largest absolute Gasteiger partial charge is 0.497 e. The number of benzene rings is 3. The molecule has 0 aromatic heterocycles. The quantitative estimate of drug-likeness (QED) is 0.390. The lowest BCUT2D eigenvalue weighted by atomic mass is 10.0. The van der Waals surface area contributed by atoms with Gasteiger partial charge in [-0.25, -0.2) is 4.39 Å². The van der Waals surface area contributed by atoms with Crippen LogP contribution in [0.4, 0.5) is 4.39 Å². The van der Waals surface area contributed by atoms with Crippen LogP contribution in [0, 0.1) is 12.7 Å². The van der Waals surface area contributed by atoms with Crippen LogP contribution in [0.2, 0.25) is 0 Å². The van der Waals surface area contributed by atoms with Crippen molar-refractivity contribution in [3.63, 3.8) is 0 Å². The maximum Gasteiger partial charge on any atom is 0.123 e. The number of pyridine rings is 1. The maximum atomic E-state index is 13.4. The smallest absolute Gasteiger partial charge is 0.123 e. The molecule has 30 heavy (non-hydrogen) atoms. The molecule has 5 rings (SSSR count). The number of rotatable bonds is 4. The van der Waals surface area contributed by atoms with Crippen molar-refractivity contribution in [1.82, 2.24) is 14.8 Å². The molecule has 0 saturated heterocycles. The predicted octanol–water partition coefficient (Wildman–Crippen LogP) is 5.71. The molecule has 5 heteroatoms. The summed E-state index contributed by atoms with van der Waals surface area (Å²) in [5.74, 6) is 0.565. The van der Waals surface area contributed by atoms with Gasteiger partial charge in [-0.2, -0.15) is 0 Å².